The number of anilines is 1. The molecule has 4 N–H and O–H groups in total. The van der Waals surface area contributed by atoms with Crippen LogP contribution in [0.25, 0.3) is 11.1 Å². The Bertz CT molecular complexity index is 1160. The zero-order valence-corrected chi connectivity index (χ0v) is 14.7. The third kappa shape index (κ3) is 2.53. The molecule has 1 aliphatic heterocycles. The molecule has 1 aliphatic rings. The molecule has 0 atom stereocenters. The Labute approximate surface area is 155 Å². The molecule has 27 heavy (non-hydrogen) atoms. The number of hydrogen-bond acceptors (Lipinski definition) is 6. The number of phenolic OH excluding ortho intramolecular Hbond substituents is 4. The Morgan fingerprint density at radius 2 is 1.44 bits per heavy atom. The zero-order chi connectivity index (χ0) is 19.3. The minimum atomic E-state index is -4.18. The summed E-state index contributed by atoms with van der Waals surface area (Å²) in [4.78, 5) is -0.202. The Morgan fingerprint density at radius 1 is 0.778 bits per heavy atom. The smallest absolute Gasteiger partial charge is 0.265 e. The van der Waals surface area contributed by atoms with Gasteiger partial charge in [-0.1, -0.05) is 30.3 Å². The lowest BCUT2D eigenvalue weighted by Gasteiger charge is -2.33. The van der Waals surface area contributed by atoms with Gasteiger partial charge < -0.3 is 20.4 Å². The lowest BCUT2D eigenvalue weighted by Crippen LogP contribution is -2.34. The van der Waals surface area contributed by atoms with Crippen LogP contribution in [0.4, 0.5) is 5.69 Å². The molecule has 0 fully saturated rings. The summed E-state index contributed by atoms with van der Waals surface area (Å²) >= 11 is 0. The fraction of sp³-hybridized carbons (Fsp3) is 0.0526. The normalized spacial score (nSPS) is 14.4. The summed E-state index contributed by atoms with van der Waals surface area (Å²) in [5, 5.41) is 40.0. The van der Waals surface area contributed by atoms with Crippen molar-refractivity contribution in [2.75, 3.05) is 4.31 Å². The fourth-order valence-corrected chi connectivity index (χ4v) is 4.86. The van der Waals surface area contributed by atoms with E-state index in [0.29, 0.717) is 11.1 Å². The summed E-state index contributed by atoms with van der Waals surface area (Å²) in [6.45, 7) is -0.0890. The van der Waals surface area contributed by atoms with E-state index in [1.54, 1.807) is 30.3 Å². The Kier molecular flexibility index (Phi) is 3.67. The van der Waals surface area contributed by atoms with E-state index in [4.69, 9.17) is 0 Å². The molecule has 0 bridgehead atoms. The highest BCUT2D eigenvalue weighted by molar-refractivity contribution is 7.93. The van der Waals surface area contributed by atoms with Gasteiger partial charge in [-0.25, -0.2) is 8.42 Å². The second kappa shape index (κ2) is 5.82. The number of nitrogens with zero attached hydrogens (tertiary/aromatic N) is 1. The van der Waals surface area contributed by atoms with E-state index in [0.717, 1.165) is 16.4 Å². The third-order valence-corrected chi connectivity index (χ3v) is 6.27. The van der Waals surface area contributed by atoms with Crippen LogP contribution in [0.5, 0.6) is 23.0 Å². The standard InChI is InChI=1S/C19H15NO6S/c21-14-7-6-12-13-8-15(22)16(23)9-17(13)27(25,26)20(18(12)19(14)24)10-11-4-2-1-3-5-11/h1-9,21-24H,10H2. The van der Waals surface area contributed by atoms with Crippen LogP contribution in [0.15, 0.2) is 59.5 Å². The molecule has 0 unspecified atom stereocenters. The highest BCUT2D eigenvalue weighted by atomic mass is 32.2. The predicted octanol–water partition coefficient (Wildman–Crippen LogP) is 2.88. The van der Waals surface area contributed by atoms with Crippen LogP contribution in [0.3, 0.4) is 0 Å². The monoisotopic (exact) mass is 385 g/mol. The topological polar surface area (TPSA) is 118 Å². The summed E-state index contributed by atoms with van der Waals surface area (Å²) < 4.78 is 27.5. The molecular formula is C19H15NO6S. The SMILES string of the molecule is O=S1(=O)c2cc(O)c(O)cc2-c2ccc(O)c(O)c2N1Cc1ccccc1. The largest absolute Gasteiger partial charge is 0.504 e. The minimum Gasteiger partial charge on any atom is -0.504 e. The molecule has 138 valence electrons. The Balaban J connectivity index is 2.03. The lowest BCUT2D eigenvalue weighted by atomic mass is 10.0. The van der Waals surface area contributed by atoms with Gasteiger partial charge in [-0.15, -0.1) is 0 Å². The summed E-state index contributed by atoms with van der Waals surface area (Å²) in [7, 11) is -4.18. The first-order valence-electron chi connectivity index (χ1n) is 7.98. The van der Waals surface area contributed by atoms with E-state index in [-0.39, 0.29) is 22.7 Å². The first-order valence-corrected chi connectivity index (χ1v) is 9.42. The third-order valence-electron chi connectivity index (χ3n) is 4.48. The first-order chi connectivity index (χ1) is 12.8. The second-order valence-corrected chi connectivity index (χ2v) is 7.99. The van der Waals surface area contributed by atoms with Crippen molar-refractivity contribution in [1.82, 2.24) is 0 Å². The molecule has 8 heteroatoms. The van der Waals surface area contributed by atoms with Crippen LogP contribution in [0, 0.1) is 0 Å². The van der Waals surface area contributed by atoms with Crippen molar-refractivity contribution in [1.29, 1.82) is 0 Å². The molecule has 0 saturated heterocycles. The van der Waals surface area contributed by atoms with Crippen LogP contribution in [-0.2, 0) is 16.6 Å². The average molecular weight is 385 g/mol. The molecule has 0 radical (unpaired) electrons. The van der Waals surface area contributed by atoms with Gasteiger partial charge in [0.15, 0.2) is 23.0 Å². The zero-order valence-electron chi connectivity index (χ0n) is 13.9. The van der Waals surface area contributed by atoms with E-state index in [2.05, 4.69) is 0 Å². The van der Waals surface area contributed by atoms with Crippen LogP contribution in [-0.4, -0.2) is 28.8 Å². The molecule has 3 aromatic rings. The van der Waals surface area contributed by atoms with Crippen molar-refractivity contribution < 1.29 is 28.8 Å². The van der Waals surface area contributed by atoms with Gasteiger partial charge in [-0.2, -0.15) is 0 Å². The summed E-state index contributed by atoms with van der Waals surface area (Å²) in [5.41, 5.74) is 1.01. The van der Waals surface area contributed by atoms with Crippen LogP contribution in [0.1, 0.15) is 5.56 Å². The van der Waals surface area contributed by atoms with E-state index in [9.17, 15) is 28.8 Å². The highest BCUT2D eigenvalue weighted by Crippen LogP contribution is 2.52. The maximum absolute atomic E-state index is 13.2. The van der Waals surface area contributed by atoms with E-state index >= 15 is 0 Å². The van der Waals surface area contributed by atoms with E-state index in [1.165, 1.54) is 12.1 Å². The highest BCUT2D eigenvalue weighted by Gasteiger charge is 2.38. The predicted molar refractivity (Wildman–Crippen MR) is 98.3 cm³/mol. The maximum atomic E-state index is 13.2. The minimum absolute atomic E-state index is 0.0866. The van der Waals surface area contributed by atoms with Gasteiger partial charge in [0.25, 0.3) is 10.0 Å². The van der Waals surface area contributed by atoms with Gasteiger partial charge in [0.2, 0.25) is 0 Å². The number of rotatable bonds is 2. The van der Waals surface area contributed by atoms with Gasteiger partial charge >= 0.3 is 0 Å². The Hall–Kier alpha value is -3.39. The molecule has 1 heterocycles. The summed E-state index contributed by atoms with van der Waals surface area (Å²) in [6.07, 6.45) is 0. The van der Waals surface area contributed by atoms with Crippen LogP contribution >= 0.6 is 0 Å². The number of benzene rings is 3. The first kappa shape index (κ1) is 17.0. The Morgan fingerprint density at radius 3 is 2.15 bits per heavy atom. The molecule has 4 rings (SSSR count). The van der Waals surface area contributed by atoms with Crippen LogP contribution in [0.2, 0.25) is 0 Å². The molecular weight excluding hydrogens is 370 g/mol. The summed E-state index contributed by atoms with van der Waals surface area (Å²) in [5.74, 6) is -2.10. The average Bonchev–Trinajstić information content (AvgIpc) is 2.64. The number of fused-ring (bicyclic) bond motifs is 3. The molecule has 0 saturated carbocycles. The molecule has 0 amide bonds. The molecule has 0 aromatic heterocycles. The van der Waals surface area contributed by atoms with Gasteiger partial charge in [0.1, 0.15) is 5.69 Å². The van der Waals surface area contributed by atoms with Crippen molar-refractivity contribution in [3.05, 3.63) is 60.2 Å². The van der Waals surface area contributed by atoms with Crippen molar-refractivity contribution in [2.24, 2.45) is 0 Å². The quantitative estimate of drug-likeness (QED) is 0.504. The lowest BCUT2D eigenvalue weighted by molar-refractivity contribution is 0.401. The molecule has 7 nitrogen and oxygen atoms in total. The van der Waals surface area contributed by atoms with Gasteiger partial charge in [-0.05, 0) is 23.8 Å². The van der Waals surface area contributed by atoms with E-state index in [1.807, 2.05) is 0 Å². The maximum Gasteiger partial charge on any atom is 0.265 e. The summed E-state index contributed by atoms with van der Waals surface area (Å²) in [6, 6.07) is 13.6. The van der Waals surface area contributed by atoms with Crippen molar-refractivity contribution >= 4 is 15.7 Å². The number of sulfonamides is 1. The van der Waals surface area contributed by atoms with E-state index < -0.39 is 33.0 Å². The fourth-order valence-electron chi connectivity index (χ4n) is 3.17. The van der Waals surface area contributed by atoms with Gasteiger partial charge in [0.05, 0.1) is 11.4 Å². The van der Waals surface area contributed by atoms with Gasteiger partial charge in [-0.3, -0.25) is 4.31 Å². The molecule has 0 spiro atoms. The van der Waals surface area contributed by atoms with Crippen molar-refractivity contribution in [3.63, 3.8) is 0 Å². The van der Waals surface area contributed by atoms with Crippen LogP contribution < -0.4 is 4.31 Å². The van der Waals surface area contributed by atoms with Crippen molar-refractivity contribution in [2.45, 2.75) is 11.4 Å². The van der Waals surface area contributed by atoms with Gasteiger partial charge in [0, 0.05) is 17.2 Å². The number of hydrogen-bond donors (Lipinski definition) is 4. The number of phenols is 4. The number of aromatic hydroxyl groups is 4. The van der Waals surface area contributed by atoms with Crippen molar-refractivity contribution in [3.8, 4) is 34.1 Å². The second-order valence-electron chi connectivity index (χ2n) is 6.16. The molecule has 0 aliphatic carbocycles. The molecule has 3 aromatic carbocycles.